The predicted molar refractivity (Wildman–Crippen MR) is 39.5 cm³/mol. The highest BCUT2D eigenvalue weighted by Gasteiger charge is 2.13. The molecular weight excluding hydrogens is 134 g/mol. The lowest BCUT2D eigenvalue weighted by Crippen LogP contribution is -2.27. The summed E-state index contributed by atoms with van der Waals surface area (Å²) in [6, 6.07) is 0. The van der Waals surface area contributed by atoms with E-state index in [-0.39, 0.29) is 5.54 Å². The Kier molecular flexibility index (Phi) is 4.61. The molecule has 0 radical (unpaired) electrons. The lowest BCUT2D eigenvalue weighted by atomic mass is 10.4. The molecule has 0 saturated heterocycles. The monoisotopic (exact) mass is 147 g/mol. The SMILES string of the molecule is C=CC(CNC)[SiH](O)O. The van der Waals surface area contributed by atoms with Crippen molar-refractivity contribution >= 4 is 9.28 Å². The summed E-state index contributed by atoms with van der Waals surface area (Å²) in [6.45, 7) is 4.08. The Morgan fingerprint density at radius 3 is 2.44 bits per heavy atom. The van der Waals surface area contributed by atoms with Gasteiger partial charge >= 0.3 is 9.28 Å². The largest absolute Gasteiger partial charge is 0.413 e. The molecule has 0 spiro atoms. The quantitative estimate of drug-likeness (QED) is 0.352. The Morgan fingerprint density at radius 1 is 1.78 bits per heavy atom. The first-order chi connectivity index (χ1) is 4.22. The fraction of sp³-hybridized carbons (Fsp3) is 0.600. The predicted octanol–water partition coefficient (Wildman–Crippen LogP) is -1.03. The van der Waals surface area contributed by atoms with Gasteiger partial charge in [-0.05, 0) is 7.05 Å². The molecule has 0 aromatic heterocycles. The summed E-state index contributed by atoms with van der Waals surface area (Å²) in [4.78, 5) is 17.5. The Bertz CT molecular complexity index is 87.0. The van der Waals surface area contributed by atoms with Crippen LogP contribution >= 0.6 is 0 Å². The van der Waals surface area contributed by atoms with Crippen LogP contribution in [0.1, 0.15) is 0 Å². The second-order valence-corrected chi connectivity index (χ2v) is 3.55. The summed E-state index contributed by atoms with van der Waals surface area (Å²) >= 11 is 0. The molecule has 0 bridgehead atoms. The molecule has 3 nitrogen and oxygen atoms in total. The third-order valence-electron chi connectivity index (χ3n) is 1.13. The van der Waals surface area contributed by atoms with Crippen molar-refractivity contribution in [1.29, 1.82) is 0 Å². The van der Waals surface area contributed by atoms with Crippen LogP contribution in [0, 0.1) is 0 Å². The minimum atomic E-state index is -2.48. The Balaban J connectivity index is 3.54. The van der Waals surface area contributed by atoms with Crippen molar-refractivity contribution in [3.05, 3.63) is 12.7 Å². The summed E-state index contributed by atoms with van der Waals surface area (Å²) in [5, 5.41) is 2.84. The first-order valence-corrected chi connectivity index (χ1v) is 4.55. The molecule has 0 saturated carbocycles. The summed E-state index contributed by atoms with van der Waals surface area (Å²) in [7, 11) is -0.713. The van der Waals surface area contributed by atoms with Crippen molar-refractivity contribution in [3.8, 4) is 0 Å². The van der Waals surface area contributed by atoms with Gasteiger partial charge in [-0.15, -0.1) is 6.58 Å². The van der Waals surface area contributed by atoms with E-state index >= 15 is 0 Å². The van der Waals surface area contributed by atoms with Gasteiger partial charge in [-0.1, -0.05) is 6.08 Å². The minimum Gasteiger partial charge on any atom is -0.413 e. The fourth-order valence-electron chi connectivity index (χ4n) is 0.546. The van der Waals surface area contributed by atoms with Crippen molar-refractivity contribution in [2.75, 3.05) is 13.6 Å². The third-order valence-corrected chi connectivity index (χ3v) is 2.40. The highest BCUT2D eigenvalue weighted by atomic mass is 28.3. The van der Waals surface area contributed by atoms with Crippen molar-refractivity contribution < 1.29 is 9.59 Å². The molecule has 0 aliphatic rings. The van der Waals surface area contributed by atoms with Gasteiger partial charge in [0.1, 0.15) is 0 Å². The number of nitrogens with one attached hydrogen (secondary N) is 1. The van der Waals surface area contributed by atoms with Gasteiger partial charge in [0, 0.05) is 12.1 Å². The van der Waals surface area contributed by atoms with E-state index in [0.717, 1.165) is 0 Å². The maximum atomic E-state index is 8.73. The van der Waals surface area contributed by atoms with Crippen molar-refractivity contribution in [2.45, 2.75) is 5.54 Å². The smallest absolute Gasteiger partial charge is 0.324 e. The van der Waals surface area contributed by atoms with E-state index in [1.54, 1.807) is 13.1 Å². The highest BCUT2D eigenvalue weighted by molar-refractivity contribution is 6.44. The molecule has 54 valence electrons. The average molecular weight is 147 g/mol. The van der Waals surface area contributed by atoms with Gasteiger partial charge in [-0.3, -0.25) is 0 Å². The van der Waals surface area contributed by atoms with E-state index in [9.17, 15) is 0 Å². The minimum absolute atomic E-state index is 0.130. The highest BCUT2D eigenvalue weighted by Crippen LogP contribution is 2.04. The Hall–Kier alpha value is -0.163. The van der Waals surface area contributed by atoms with E-state index in [2.05, 4.69) is 11.9 Å². The molecule has 4 heteroatoms. The van der Waals surface area contributed by atoms with Crippen LogP contribution < -0.4 is 5.32 Å². The molecule has 1 atom stereocenters. The maximum absolute atomic E-state index is 8.73. The van der Waals surface area contributed by atoms with Gasteiger partial charge in [-0.25, -0.2) is 0 Å². The Labute approximate surface area is 56.9 Å². The van der Waals surface area contributed by atoms with Crippen molar-refractivity contribution in [1.82, 2.24) is 5.32 Å². The van der Waals surface area contributed by atoms with Gasteiger partial charge in [0.2, 0.25) is 0 Å². The molecular formula is C5H13NO2Si. The molecule has 0 rings (SSSR count). The van der Waals surface area contributed by atoms with Crippen LogP contribution in [0.25, 0.3) is 0 Å². The van der Waals surface area contributed by atoms with Crippen molar-refractivity contribution in [2.24, 2.45) is 0 Å². The number of rotatable bonds is 4. The number of hydrogen-bond donors (Lipinski definition) is 3. The zero-order valence-electron chi connectivity index (χ0n) is 5.54. The molecule has 0 aliphatic carbocycles. The first kappa shape index (κ1) is 8.84. The molecule has 9 heavy (non-hydrogen) atoms. The maximum Gasteiger partial charge on any atom is 0.324 e. The molecule has 0 aliphatic heterocycles. The van der Waals surface area contributed by atoms with Gasteiger partial charge in [-0.2, -0.15) is 0 Å². The van der Waals surface area contributed by atoms with E-state index in [1.807, 2.05) is 0 Å². The zero-order chi connectivity index (χ0) is 7.28. The van der Waals surface area contributed by atoms with E-state index in [0.29, 0.717) is 6.54 Å². The molecule has 0 aromatic carbocycles. The first-order valence-electron chi connectivity index (χ1n) is 2.85. The zero-order valence-corrected chi connectivity index (χ0v) is 6.70. The van der Waals surface area contributed by atoms with Gasteiger partial charge in [0.05, 0.1) is 0 Å². The summed E-state index contributed by atoms with van der Waals surface area (Å²) in [5.41, 5.74) is -0.130. The molecule has 0 aromatic rings. The summed E-state index contributed by atoms with van der Waals surface area (Å²) in [5.74, 6) is 0. The molecule has 3 N–H and O–H groups in total. The van der Waals surface area contributed by atoms with Gasteiger partial charge < -0.3 is 14.9 Å². The van der Waals surface area contributed by atoms with Crippen LogP contribution in [0.2, 0.25) is 5.54 Å². The van der Waals surface area contributed by atoms with Crippen molar-refractivity contribution in [3.63, 3.8) is 0 Å². The molecule has 1 unspecified atom stereocenters. The average Bonchev–Trinajstić information content (AvgIpc) is 1.82. The molecule has 0 fully saturated rings. The van der Waals surface area contributed by atoms with E-state index in [1.165, 1.54) is 0 Å². The van der Waals surface area contributed by atoms with E-state index in [4.69, 9.17) is 9.59 Å². The lowest BCUT2D eigenvalue weighted by molar-refractivity contribution is 0.392. The van der Waals surface area contributed by atoms with Crippen LogP contribution in [0.4, 0.5) is 0 Å². The van der Waals surface area contributed by atoms with Crippen LogP contribution in [0.3, 0.4) is 0 Å². The van der Waals surface area contributed by atoms with E-state index < -0.39 is 9.28 Å². The second-order valence-electron chi connectivity index (χ2n) is 1.87. The summed E-state index contributed by atoms with van der Waals surface area (Å²) in [6.07, 6.45) is 1.58. The summed E-state index contributed by atoms with van der Waals surface area (Å²) < 4.78 is 0. The standard InChI is InChI=1S/C5H13NO2Si/c1-3-5(4-6-2)9(7)8/h3,5-9H,1,4H2,2H3. The topological polar surface area (TPSA) is 52.5 Å². The second kappa shape index (κ2) is 4.69. The lowest BCUT2D eigenvalue weighted by Gasteiger charge is -2.10. The van der Waals surface area contributed by atoms with Gasteiger partial charge in [0.25, 0.3) is 0 Å². The molecule has 0 heterocycles. The van der Waals surface area contributed by atoms with Crippen LogP contribution in [-0.2, 0) is 0 Å². The van der Waals surface area contributed by atoms with Crippen LogP contribution in [0.5, 0.6) is 0 Å². The fourth-order valence-corrected chi connectivity index (χ4v) is 1.24. The van der Waals surface area contributed by atoms with Crippen LogP contribution in [0.15, 0.2) is 12.7 Å². The third kappa shape index (κ3) is 3.42. The van der Waals surface area contributed by atoms with Crippen LogP contribution in [-0.4, -0.2) is 32.5 Å². The number of hydrogen-bond acceptors (Lipinski definition) is 3. The normalized spacial score (nSPS) is 13.8. The Morgan fingerprint density at radius 2 is 2.33 bits per heavy atom. The molecule has 0 amide bonds. The van der Waals surface area contributed by atoms with Gasteiger partial charge in [0.15, 0.2) is 0 Å².